The molecule has 0 unspecified atom stereocenters. The van der Waals surface area contributed by atoms with E-state index in [1.54, 1.807) is 11.3 Å². The highest BCUT2D eigenvalue weighted by Gasteiger charge is 2.19. The molecule has 0 atom stereocenters. The van der Waals surface area contributed by atoms with Gasteiger partial charge in [-0.2, -0.15) is 0 Å². The molecule has 134 valence electrons. The summed E-state index contributed by atoms with van der Waals surface area (Å²) in [6.07, 6.45) is 4.41. The SMILES string of the molecule is Cc1cccc(N=C(N)SCc2nc3sc4c(c3c(=O)[nH]2)CCCC4)c1. The summed E-state index contributed by atoms with van der Waals surface area (Å²) < 4.78 is 0. The second-order valence-corrected chi connectivity index (χ2v) is 8.56. The first kappa shape index (κ1) is 17.3. The zero-order valence-corrected chi connectivity index (χ0v) is 16.2. The Kier molecular flexibility index (Phi) is 4.82. The highest BCUT2D eigenvalue weighted by molar-refractivity contribution is 8.13. The van der Waals surface area contributed by atoms with Crippen molar-refractivity contribution in [3.8, 4) is 0 Å². The topological polar surface area (TPSA) is 84.1 Å². The zero-order valence-electron chi connectivity index (χ0n) is 14.5. The molecule has 0 radical (unpaired) electrons. The number of nitrogens with zero attached hydrogens (tertiary/aromatic N) is 2. The van der Waals surface area contributed by atoms with Gasteiger partial charge in [0.15, 0.2) is 5.17 Å². The molecule has 0 fully saturated rings. The van der Waals surface area contributed by atoms with Crippen molar-refractivity contribution in [3.05, 3.63) is 56.4 Å². The number of nitrogens with one attached hydrogen (secondary N) is 1. The second kappa shape index (κ2) is 7.25. The van der Waals surface area contributed by atoms with Crippen LogP contribution in [0.5, 0.6) is 0 Å². The number of thioether (sulfide) groups is 1. The van der Waals surface area contributed by atoms with E-state index in [0.29, 0.717) is 16.7 Å². The Labute approximate surface area is 159 Å². The standard InChI is InChI=1S/C19H20N4OS2/c1-11-5-4-6-12(9-11)21-19(20)25-10-15-22-17(24)16-13-7-2-3-8-14(13)26-18(16)23-15/h4-6,9H,2-3,7-8,10H2,1H3,(H2,20,21)(H,22,23,24). The van der Waals surface area contributed by atoms with Crippen molar-refractivity contribution in [3.63, 3.8) is 0 Å². The summed E-state index contributed by atoms with van der Waals surface area (Å²) in [7, 11) is 0. The lowest BCUT2D eigenvalue weighted by molar-refractivity contribution is 0.700. The third-order valence-corrected chi connectivity index (χ3v) is 6.46. The predicted molar refractivity (Wildman–Crippen MR) is 111 cm³/mol. The van der Waals surface area contributed by atoms with E-state index in [2.05, 4.69) is 15.0 Å². The lowest BCUT2D eigenvalue weighted by Gasteiger charge is -2.09. The average Bonchev–Trinajstić information content (AvgIpc) is 2.99. The maximum Gasteiger partial charge on any atom is 0.259 e. The fourth-order valence-corrected chi connectivity index (χ4v) is 5.15. The van der Waals surface area contributed by atoms with Gasteiger partial charge in [0, 0.05) is 4.88 Å². The molecule has 0 amide bonds. The van der Waals surface area contributed by atoms with E-state index in [1.807, 2.05) is 31.2 Å². The third-order valence-electron chi connectivity index (χ3n) is 4.47. The average molecular weight is 385 g/mol. The maximum absolute atomic E-state index is 12.5. The number of nitrogens with two attached hydrogens (primary N) is 1. The van der Waals surface area contributed by atoms with Crippen LogP contribution in [0.25, 0.3) is 10.2 Å². The number of aromatic nitrogens is 2. The molecule has 1 aliphatic carbocycles. The Morgan fingerprint density at radius 3 is 3.08 bits per heavy atom. The summed E-state index contributed by atoms with van der Waals surface area (Å²) in [4.78, 5) is 26.7. The highest BCUT2D eigenvalue weighted by Crippen LogP contribution is 2.33. The number of fused-ring (bicyclic) bond motifs is 3. The van der Waals surface area contributed by atoms with E-state index in [9.17, 15) is 4.79 Å². The normalized spacial score (nSPS) is 14.6. The third kappa shape index (κ3) is 3.54. The van der Waals surface area contributed by atoms with Gasteiger partial charge >= 0.3 is 0 Å². The molecule has 0 spiro atoms. The van der Waals surface area contributed by atoms with Gasteiger partial charge < -0.3 is 10.7 Å². The Morgan fingerprint density at radius 2 is 2.23 bits per heavy atom. The van der Waals surface area contributed by atoms with Gasteiger partial charge in [0.05, 0.1) is 16.8 Å². The van der Waals surface area contributed by atoms with Crippen LogP contribution in [0.4, 0.5) is 5.69 Å². The van der Waals surface area contributed by atoms with Crippen LogP contribution in [0.15, 0.2) is 34.1 Å². The number of thiophene rings is 1. The minimum absolute atomic E-state index is 0.0285. The molecule has 0 saturated heterocycles. The monoisotopic (exact) mass is 384 g/mol. The van der Waals surface area contributed by atoms with Crippen molar-refractivity contribution in [1.29, 1.82) is 0 Å². The minimum atomic E-state index is -0.0285. The van der Waals surface area contributed by atoms with Crippen LogP contribution in [0, 0.1) is 6.92 Å². The van der Waals surface area contributed by atoms with Crippen LogP contribution in [-0.2, 0) is 18.6 Å². The molecule has 1 aliphatic rings. The van der Waals surface area contributed by atoms with Crippen LogP contribution >= 0.6 is 23.1 Å². The van der Waals surface area contributed by atoms with E-state index in [-0.39, 0.29) is 5.56 Å². The molecule has 4 rings (SSSR count). The number of aliphatic imine (C=N–C) groups is 1. The Bertz CT molecular complexity index is 1050. The predicted octanol–water partition coefficient (Wildman–Crippen LogP) is 4.05. The number of H-pyrrole nitrogens is 1. The smallest absolute Gasteiger partial charge is 0.259 e. The van der Waals surface area contributed by atoms with Crippen molar-refractivity contribution >= 4 is 44.2 Å². The van der Waals surface area contributed by atoms with E-state index in [0.717, 1.165) is 40.7 Å². The number of benzene rings is 1. The van der Waals surface area contributed by atoms with Crippen LogP contribution in [0.1, 0.15) is 34.7 Å². The summed E-state index contributed by atoms with van der Waals surface area (Å²) in [5.74, 6) is 1.14. The maximum atomic E-state index is 12.5. The van der Waals surface area contributed by atoms with Gasteiger partial charge in [0.25, 0.3) is 5.56 Å². The van der Waals surface area contributed by atoms with Crippen molar-refractivity contribution in [2.45, 2.75) is 38.4 Å². The van der Waals surface area contributed by atoms with Crippen molar-refractivity contribution in [1.82, 2.24) is 9.97 Å². The number of hydrogen-bond acceptors (Lipinski definition) is 5. The van der Waals surface area contributed by atoms with Gasteiger partial charge in [0.2, 0.25) is 0 Å². The van der Waals surface area contributed by atoms with Gasteiger partial charge in [-0.25, -0.2) is 9.98 Å². The first-order chi connectivity index (χ1) is 12.6. The number of aromatic amines is 1. The lowest BCUT2D eigenvalue weighted by Crippen LogP contribution is -2.14. The molecule has 2 heterocycles. The molecule has 0 aliphatic heterocycles. The number of aryl methyl sites for hydroxylation is 3. The summed E-state index contributed by atoms with van der Waals surface area (Å²) in [6, 6.07) is 7.88. The Balaban J connectivity index is 1.55. The Hall–Kier alpha value is -2.12. The fourth-order valence-electron chi connectivity index (χ4n) is 3.28. The molecule has 26 heavy (non-hydrogen) atoms. The minimum Gasteiger partial charge on any atom is -0.378 e. The van der Waals surface area contributed by atoms with Gasteiger partial charge in [-0.3, -0.25) is 4.79 Å². The van der Waals surface area contributed by atoms with Crippen LogP contribution < -0.4 is 11.3 Å². The van der Waals surface area contributed by atoms with Gasteiger partial charge in [-0.05, 0) is 55.9 Å². The van der Waals surface area contributed by atoms with Crippen molar-refractivity contribution < 1.29 is 0 Å². The summed E-state index contributed by atoms with van der Waals surface area (Å²) >= 11 is 3.05. The van der Waals surface area contributed by atoms with Gasteiger partial charge in [-0.1, -0.05) is 23.9 Å². The van der Waals surface area contributed by atoms with Gasteiger partial charge in [-0.15, -0.1) is 11.3 Å². The first-order valence-corrected chi connectivity index (χ1v) is 10.5. The lowest BCUT2D eigenvalue weighted by atomic mass is 9.97. The molecule has 0 saturated carbocycles. The van der Waals surface area contributed by atoms with Crippen molar-refractivity contribution in [2.75, 3.05) is 0 Å². The molecule has 7 heteroatoms. The first-order valence-electron chi connectivity index (χ1n) is 8.67. The number of hydrogen-bond donors (Lipinski definition) is 2. The molecular weight excluding hydrogens is 364 g/mol. The molecular formula is C19H20N4OS2. The molecule has 2 aromatic heterocycles. The molecule has 5 nitrogen and oxygen atoms in total. The van der Waals surface area contributed by atoms with Crippen molar-refractivity contribution in [2.24, 2.45) is 10.7 Å². The van der Waals surface area contributed by atoms with Crippen LogP contribution in [-0.4, -0.2) is 15.1 Å². The van der Waals surface area contributed by atoms with E-state index < -0.39 is 0 Å². The number of amidine groups is 1. The molecule has 3 N–H and O–H groups in total. The van der Waals surface area contributed by atoms with Crippen LogP contribution in [0.2, 0.25) is 0 Å². The summed E-state index contributed by atoms with van der Waals surface area (Å²) in [5, 5.41) is 1.25. The van der Waals surface area contributed by atoms with Gasteiger partial charge in [0.1, 0.15) is 10.7 Å². The quantitative estimate of drug-likeness (QED) is 0.527. The summed E-state index contributed by atoms with van der Waals surface area (Å²) in [5.41, 5.74) is 9.19. The second-order valence-electron chi connectivity index (χ2n) is 6.48. The van der Waals surface area contributed by atoms with E-state index >= 15 is 0 Å². The zero-order chi connectivity index (χ0) is 18.1. The van der Waals surface area contributed by atoms with E-state index in [1.165, 1.54) is 28.6 Å². The summed E-state index contributed by atoms with van der Waals surface area (Å²) in [6.45, 7) is 2.02. The molecule has 3 aromatic rings. The highest BCUT2D eigenvalue weighted by atomic mass is 32.2. The fraction of sp³-hybridized carbons (Fsp3) is 0.316. The molecule has 1 aromatic carbocycles. The largest absolute Gasteiger partial charge is 0.378 e. The molecule has 0 bridgehead atoms. The number of rotatable bonds is 3. The van der Waals surface area contributed by atoms with E-state index in [4.69, 9.17) is 5.73 Å². The Morgan fingerprint density at radius 1 is 1.38 bits per heavy atom. The van der Waals surface area contributed by atoms with Crippen LogP contribution in [0.3, 0.4) is 0 Å².